The van der Waals surface area contributed by atoms with Crippen molar-refractivity contribution in [2.24, 2.45) is 0 Å². The van der Waals surface area contributed by atoms with Gasteiger partial charge in [0.2, 0.25) is 0 Å². The molecule has 1 aliphatic rings. The minimum atomic E-state index is -0.547. The van der Waals surface area contributed by atoms with Crippen molar-refractivity contribution < 1.29 is 20.4 Å². The molecule has 0 amide bonds. The molecule has 11 rings (SSSR count). The van der Waals surface area contributed by atoms with Gasteiger partial charge in [0.1, 0.15) is 35.0 Å². The molecule has 0 saturated heterocycles. The van der Waals surface area contributed by atoms with Crippen molar-refractivity contribution >= 4 is 106 Å². The van der Waals surface area contributed by atoms with E-state index in [4.69, 9.17) is 23.5 Å². The van der Waals surface area contributed by atoms with Crippen LogP contribution in [0.4, 0.5) is 28.4 Å². The van der Waals surface area contributed by atoms with Crippen molar-refractivity contribution in [3.63, 3.8) is 0 Å². The first kappa shape index (κ1) is 43.3. The number of anilines is 5. The van der Waals surface area contributed by atoms with Gasteiger partial charge in [-0.2, -0.15) is 0 Å². The Morgan fingerprint density at radius 3 is 1.62 bits per heavy atom. The Morgan fingerprint density at radius 2 is 0.986 bits per heavy atom. The molecule has 6 radical (unpaired) electrons. The Balaban J connectivity index is 0.983. The highest BCUT2D eigenvalue weighted by atomic mass is 16.3. The molecule has 0 fully saturated rings. The van der Waals surface area contributed by atoms with Gasteiger partial charge in [-0.25, -0.2) is 0 Å². The Morgan fingerprint density at radius 1 is 0.435 bits per heavy atom. The molecule has 0 heterocycles. The molecule has 0 atom stereocenters. The maximum atomic E-state index is 10.9. The van der Waals surface area contributed by atoms with Gasteiger partial charge in [0, 0.05) is 50.5 Å². The Bertz CT molecular complexity index is 3680. The Labute approximate surface area is 404 Å². The average Bonchev–Trinajstić information content (AvgIpc) is 3.39. The van der Waals surface area contributed by atoms with E-state index in [1.54, 1.807) is 19.9 Å². The molecule has 326 valence electrons. The number of phenolic OH excluding ortho intramolecular Hbond substituents is 4. The van der Waals surface area contributed by atoms with E-state index in [0.29, 0.717) is 38.7 Å². The van der Waals surface area contributed by atoms with E-state index in [2.05, 4.69) is 119 Å². The lowest BCUT2D eigenvalue weighted by molar-refractivity contribution is 0.401. The second-order valence-corrected chi connectivity index (χ2v) is 17.8. The van der Waals surface area contributed by atoms with Gasteiger partial charge in [-0.3, -0.25) is 0 Å². The van der Waals surface area contributed by atoms with Crippen LogP contribution in [-0.4, -0.2) is 44.0 Å². The third-order valence-electron chi connectivity index (χ3n) is 13.9. The van der Waals surface area contributed by atoms with Gasteiger partial charge in [0.15, 0.2) is 11.5 Å². The zero-order valence-electron chi connectivity index (χ0n) is 38.1. The van der Waals surface area contributed by atoms with E-state index in [-0.39, 0.29) is 22.7 Å². The Kier molecular flexibility index (Phi) is 10.7. The highest BCUT2D eigenvalue weighted by molar-refractivity contribution is 6.41. The summed E-state index contributed by atoms with van der Waals surface area (Å²) in [5.74, 6) is -1.15. The van der Waals surface area contributed by atoms with Crippen LogP contribution >= 0.6 is 0 Å². The van der Waals surface area contributed by atoms with Crippen LogP contribution in [0.25, 0.3) is 60.1 Å². The predicted octanol–water partition coefficient (Wildman–Crippen LogP) is 12.1. The second kappa shape index (κ2) is 17.1. The van der Waals surface area contributed by atoms with Crippen LogP contribution in [0.1, 0.15) is 29.5 Å². The molecule has 0 aliphatic heterocycles. The fraction of sp³-hybridized carbons (Fsp3) is 0.0667. The molecule has 1 aliphatic carbocycles. The summed E-state index contributed by atoms with van der Waals surface area (Å²) in [5, 5.41) is 50.1. The number of benzene rings is 10. The molecule has 10 aromatic carbocycles. The second-order valence-electron chi connectivity index (χ2n) is 17.8. The summed E-state index contributed by atoms with van der Waals surface area (Å²) < 4.78 is 0. The van der Waals surface area contributed by atoms with Crippen LogP contribution in [0.2, 0.25) is 0 Å². The van der Waals surface area contributed by atoms with Gasteiger partial charge in [0.25, 0.3) is 0 Å². The van der Waals surface area contributed by atoms with Crippen molar-refractivity contribution in [2.75, 3.05) is 9.80 Å². The van der Waals surface area contributed by atoms with Gasteiger partial charge in [-0.05, 0) is 142 Å². The third kappa shape index (κ3) is 7.24. The van der Waals surface area contributed by atoms with E-state index < -0.39 is 5.75 Å². The SMILES string of the molecule is [B]c1cc(-c2ccc(N(C3=CC=C(c4ccc5ccc6c(N(c7ccccc7)c7ccc(-c8c(C)c(O)c([B])c(O)c8O)cc7)ccc7ccc4c5c76)CC3)c3ccccc3)cc2)c(O)c([B])c1C. The maximum absolute atomic E-state index is 10.9. The summed E-state index contributed by atoms with van der Waals surface area (Å²) in [4.78, 5) is 4.53. The minimum Gasteiger partial charge on any atom is -0.508 e. The lowest BCUT2D eigenvalue weighted by Crippen LogP contribution is -2.21. The number of allylic oxidation sites excluding steroid dienone is 4. The fourth-order valence-electron chi connectivity index (χ4n) is 10.2. The molecule has 6 nitrogen and oxygen atoms in total. The normalized spacial score (nSPS) is 12.7. The quantitative estimate of drug-likeness (QED) is 0.0500. The summed E-state index contributed by atoms with van der Waals surface area (Å²) in [6.45, 7) is 3.47. The summed E-state index contributed by atoms with van der Waals surface area (Å²) in [6, 6.07) is 56.1. The third-order valence-corrected chi connectivity index (χ3v) is 13.9. The van der Waals surface area contributed by atoms with Crippen molar-refractivity contribution in [2.45, 2.75) is 26.7 Å². The van der Waals surface area contributed by atoms with Gasteiger partial charge in [-0.1, -0.05) is 132 Å². The number of phenols is 4. The number of para-hydroxylation sites is 2. The van der Waals surface area contributed by atoms with Gasteiger partial charge < -0.3 is 30.2 Å². The molecular weight excluding hydrogens is 845 g/mol. The number of hydrogen-bond acceptors (Lipinski definition) is 6. The van der Waals surface area contributed by atoms with Gasteiger partial charge >= 0.3 is 0 Å². The van der Waals surface area contributed by atoms with Crippen molar-refractivity contribution in [3.8, 4) is 45.3 Å². The molecule has 0 aromatic heterocycles. The zero-order chi connectivity index (χ0) is 47.7. The largest absolute Gasteiger partial charge is 0.508 e. The van der Waals surface area contributed by atoms with Crippen LogP contribution in [0.3, 0.4) is 0 Å². The van der Waals surface area contributed by atoms with E-state index in [1.165, 1.54) is 32.7 Å². The van der Waals surface area contributed by atoms with Crippen LogP contribution in [0.15, 0.2) is 182 Å². The van der Waals surface area contributed by atoms with Crippen molar-refractivity contribution in [1.82, 2.24) is 0 Å². The smallest absolute Gasteiger partial charge is 0.165 e. The molecule has 9 heteroatoms. The first-order valence-corrected chi connectivity index (χ1v) is 22.9. The average molecular weight is 888 g/mol. The molecule has 0 unspecified atom stereocenters. The topological polar surface area (TPSA) is 87.4 Å². The first-order valence-electron chi connectivity index (χ1n) is 22.9. The predicted molar refractivity (Wildman–Crippen MR) is 288 cm³/mol. The first-order chi connectivity index (χ1) is 33.5. The van der Waals surface area contributed by atoms with Crippen molar-refractivity contribution in [3.05, 3.63) is 198 Å². The summed E-state index contributed by atoms with van der Waals surface area (Å²) in [7, 11) is 18.3. The summed E-state index contributed by atoms with van der Waals surface area (Å²) in [6.07, 6.45) is 6.16. The van der Waals surface area contributed by atoms with Gasteiger partial charge in [-0.15, -0.1) is 0 Å². The molecule has 0 saturated carbocycles. The Hall–Kier alpha value is -8.29. The minimum absolute atomic E-state index is 0.0333. The number of nitrogens with zero attached hydrogens (tertiary/aromatic N) is 2. The van der Waals surface area contributed by atoms with Crippen molar-refractivity contribution in [1.29, 1.82) is 0 Å². The number of rotatable bonds is 9. The monoisotopic (exact) mass is 888 g/mol. The summed E-state index contributed by atoms with van der Waals surface area (Å²) >= 11 is 0. The van der Waals surface area contributed by atoms with E-state index in [0.717, 1.165) is 63.3 Å². The fourth-order valence-corrected chi connectivity index (χ4v) is 10.2. The molecule has 0 spiro atoms. The highest BCUT2D eigenvalue weighted by Gasteiger charge is 2.24. The molecule has 4 N–H and O–H groups in total. The maximum Gasteiger partial charge on any atom is 0.165 e. The molecule has 10 aromatic rings. The zero-order valence-corrected chi connectivity index (χ0v) is 38.1. The van der Waals surface area contributed by atoms with Gasteiger partial charge in [0.05, 0.1) is 5.69 Å². The van der Waals surface area contributed by atoms with Crippen LogP contribution in [0, 0.1) is 13.8 Å². The van der Waals surface area contributed by atoms with Crippen LogP contribution < -0.4 is 26.2 Å². The number of hydrogen-bond donors (Lipinski definition) is 4. The lowest BCUT2D eigenvalue weighted by atomic mass is 9.78. The van der Waals surface area contributed by atoms with Crippen LogP contribution in [0.5, 0.6) is 23.0 Å². The molecule has 0 bridgehead atoms. The number of aromatic hydroxyl groups is 4. The molecule has 69 heavy (non-hydrogen) atoms. The van der Waals surface area contributed by atoms with E-state index in [9.17, 15) is 20.4 Å². The van der Waals surface area contributed by atoms with E-state index >= 15 is 0 Å². The summed E-state index contributed by atoms with van der Waals surface area (Å²) in [5.41, 5.74) is 12.5. The standard InChI is InChI=1S/C60H43B3N2O4/c1-34-50(61)33-49(58(67)55(34)62)37-15-25-44(26-16-37)64(41-9-5-3-6-10-41)43-23-13-36(14-24-43)46-29-19-39-21-31-48-51(32-22-40-20-30-47(46)53(39)54(40)48)65(42-11-7-4-8-12-42)45-27-17-38(18-28-45)52-35(2)57(66)56(63)60(69)59(52)68/h3-13,15-23,25-33,66-69H,14,24H2,1-2H3. The van der Waals surface area contributed by atoms with Crippen LogP contribution in [-0.2, 0) is 0 Å². The van der Waals surface area contributed by atoms with E-state index in [1.807, 2.05) is 60.7 Å². The highest BCUT2D eigenvalue weighted by Crippen LogP contribution is 2.48. The lowest BCUT2D eigenvalue weighted by Gasteiger charge is -2.30. The molecular formula is C60H43B3N2O4.